The second kappa shape index (κ2) is 9.13. The van der Waals surface area contributed by atoms with Gasteiger partial charge < -0.3 is 5.32 Å². The minimum atomic E-state index is -0.341. The molecule has 0 saturated carbocycles. The largest absolute Gasteiger partial charge is 0.332 e. The Morgan fingerprint density at radius 2 is 1.50 bits per heavy atom. The second-order valence-corrected chi connectivity index (χ2v) is 8.07. The molecule has 0 aliphatic heterocycles. The summed E-state index contributed by atoms with van der Waals surface area (Å²) in [6.45, 7) is 0. The van der Waals surface area contributed by atoms with Crippen LogP contribution in [0.25, 0.3) is 10.1 Å². The van der Waals surface area contributed by atoms with Gasteiger partial charge in [-0.05, 0) is 54.7 Å². The number of nitrogens with one attached hydrogen (secondary N) is 2. The third-order valence-corrected chi connectivity index (χ3v) is 6.01. The van der Waals surface area contributed by atoms with E-state index in [-0.39, 0.29) is 11.0 Å². The first-order valence-corrected chi connectivity index (χ1v) is 10.6. The van der Waals surface area contributed by atoms with Crippen LogP contribution in [0.2, 0.25) is 5.02 Å². The Kier molecular flexibility index (Phi) is 6.13. The van der Waals surface area contributed by atoms with Crippen LogP contribution in [0, 0.1) is 0 Å². The summed E-state index contributed by atoms with van der Waals surface area (Å²) in [5.41, 5.74) is 2.21. The lowest BCUT2D eigenvalue weighted by molar-refractivity contribution is 0.0982. The predicted molar refractivity (Wildman–Crippen MR) is 128 cm³/mol. The summed E-state index contributed by atoms with van der Waals surface area (Å²) < 4.78 is 0.951. The van der Waals surface area contributed by atoms with Crippen LogP contribution < -0.4 is 10.6 Å². The molecular formula is C22H15ClN4OS2. The van der Waals surface area contributed by atoms with Crippen LogP contribution in [-0.4, -0.2) is 11.0 Å². The van der Waals surface area contributed by atoms with Crippen LogP contribution in [0.15, 0.2) is 89.1 Å². The van der Waals surface area contributed by atoms with Gasteiger partial charge in [0.2, 0.25) is 0 Å². The number of rotatable bonds is 4. The van der Waals surface area contributed by atoms with Crippen LogP contribution in [0.4, 0.5) is 17.1 Å². The quantitative estimate of drug-likeness (QED) is 0.257. The van der Waals surface area contributed by atoms with Crippen LogP contribution in [-0.2, 0) is 0 Å². The SMILES string of the molecule is O=C(NC(=S)Nc1ccc(N=Nc2ccccc2)cc1)c1sc2ccccc2c1Cl. The molecule has 1 aromatic heterocycles. The van der Waals surface area contributed by atoms with Crippen LogP contribution >= 0.6 is 35.2 Å². The molecule has 8 heteroatoms. The van der Waals surface area contributed by atoms with E-state index in [9.17, 15) is 4.79 Å². The molecule has 0 aliphatic carbocycles. The number of hydrogen-bond donors (Lipinski definition) is 2. The first-order chi connectivity index (χ1) is 14.6. The number of nitrogens with zero attached hydrogens (tertiary/aromatic N) is 2. The lowest BCUT2D eigenvalue weighted by Crippen LogP contribution is -2.33. The Hall–Kier alpha value is -3.13. The summed E-state index contributed by atoms with van der Waals surface area (Å²) in [5.74, 6) is -0.341. The number of carbonyl (C=O) groups is 1. The van der Waals surface area contributed by atoms with Gasteiger partial charge in [-0.15, -0.1) is 11.3 Å². The van der Waals surface area contributed by atoms with Crippen molar-refractivity contribution in [2.75, 3.05) is 5.32 Å². The van der Waals surface area contributed by atoms with Crippen molar-refractivity contribution in [3.63, 3.8) is 0 Å². The number of amides is 1. The minimum absolute atomic E-state index is 0.187. The van der Waals surface area contributed by atoms with E-state index in [0.717, 1.165) is 21.5 Å². The number of halogens is 1. The number of anilines is 1. The maximum atomic E-state index is 12.6. The normalized spacial score (nSPS) is 11.0. The number of carbonyl (C=O) groups excluding carboxylic acids is 1. The van der Waals surface area contributed by atoms with E-state index in [4.69, 9.17) is 23.8 Å². The third-order valence-electron chi connectivity index (χ3n) is 4.13. The van der Waals surface area contributed by atoms with Crippen molar-refractivity contribution in [1.29, 1.82) is 0 Å². The van der Waals surface area contributed by atoms with Gasteiger partial charge in [-0.25, -0.2) is 0 Å². The molecule has 4 rings (SSSR count). The third kappa shape index (κ3) is 4.71. The van der Waals surface area contributed by atoms with Crippen LogP contribution in [0.5, 0.6) is 0 Å². The van der Waals surface area contributed by atoms with Gasteiger partial charge in [0.15, 0.2) is 5.11 Å². The molecule has 0 bridgehead atoms. The van der Waals surface area contributed by atoms with Crippen molar-refractivity contribution in [1.82, 2.24) is 5.32 Å². The number of hydrogen-bond acceptors (Lipinski definition) is 5. The van der Waals surface area contributed by atoms with Gasteiger partial charge in [0.25, 0.3) is 5.91 Å². The summed E-state index contributed by atoms with van der Waals surface area (Å²) in [6.07, 6.45) is 0. The van der Waals surface area contributed by atoms with Crippen molar-refractivity contribution in [3.8, 4) is 0 Å². The molecule has 0 saturated heterocycles. The highest BCUT2D eigenvalue weighted by molar-refractivity contribution is 7.80. The highest BCUT2D eigenvalue weighted by Gasteiger charge is 2.17. The smallest absolute Gasteiger partial charge is 0.269 e. The van der Waals surface area contributed by atoms with E-state index in [1.165, 1.54) is 11.3 Å². The summed E-state index contributed by atoms with van der Waals surface area (Å²) in [4.78, 5) is 13.0. The lowest BCUT2D eigenvalue weighted by atomic mass is 10.2. The molecule has 0 fully saturated rings. The molecule has 0 unspecified atom stereocenters. The standard InChI is InChI=1S/C22H15ClN4OS2/c23-19-17-8-4-5-9-18(17)30-20(19)21(28)25-22(29)24-14-10-12-16(13-11-14)27-26-15-6-2-1-3-7-15/h1-13H,(H2,24,25,28,29). The molecule has 5 nitrogen and oxygen atoms in total. The first-order valence-electron chi connectivity index (χ1n) is 8.96. The summed E-state index contributed by atoms with van der Waals surface area (Å²) >= 11 is 12.9. The molecular weight excluding hydrogens is 436 g/mol. The highest BCUT2D eigenvalue weighted by Crippen LogP contribution is 2.35. The Morgan fingerprint density at radius 1 is 0.867 bits per heavy atom. The fourth-order valence-electron chi connectivity index (χ4n) is 2.70. The van der Waals surface area contributed by atoms with E-state index >= 15 is 0 Å². The first kappa shape index (κ1) is 20.2. The Labute approximate surface area is 187 Å². The van der Waals surface area contributed by atoms with Crippen molar-refractivity contribution in [2.45, 2.75) is 0 Å². The zero-order valence-corrected chi connectivity index (χ0v) is 17.9. The average Bonchev–Trinajstić information content (AvgIpc) is 3.11. The van der Waals surface area contributed by atoms with Gasteiger partial charge in [0, 0.05) is 15.8 Å². The molecule has 0 aliphatic rings. The van der Waals surface area contributed by atoms with E-state index in [2.05, 4.69) is 20.9 Å². The fourth-order valence-corrected chi connectivity index (χ4v) is 4.33. The number of thiocarbonyl (C=S) groups is 1. The van der Waals surface area contributed by atoms with Gasteiger partial charge in [-0.2, -0.15) is 10.2 Å². The summed E-state index contributed by atoms with van der Waals surface area (Å²) in [5, 5.41) is 15.5. The van der Waals surface area contributed by atoms with Crippen LogP contribution in [0.1, 0.15) is 9.67 Å². The van der Waals surface area contributed by atoms with E-state index in [1.807, 2.05) is 78.9 Å². The maximum absolute atomic E-state index is 12.6. The topological polar surface area (TPSA) is 65.8 Å². The Balaban J connectivity index is 1.38. The van der Waals surface area contributed by atoms with Gasteiger partial charge in [-0.3, -0.25) is 10.1 Å². The second-order valence-electron chi connectivity index (χ2n) is 6.23. The minimum Gasteiger partial charge on any atom is -0.332 e. The molecule has 0 atom stereocenters. The lowest BCUT2D eigenvalue weighted by Gasteiger charge is -2.09. The number of benzene rings is 3. The maximum Gasteiger partial charge on any atom is 0.269 e. The summed E-state index contributed by atoms with van der Waals surface area (Å²) in [7, 11) is 0. The Bertz CT molecular complexity index is 1240. The molecule has 4 aromatic rings. The van der Waals surface area contributed by atoms with E-state index in [1.54, 1.807) is 0 Å². The van der Waals surface area contributed by atoms with Crippen LogP contribution in [0.3, 0.4) is 0 Å². The number of azo groups is 1. The molecule has 1 amide bonds. The number of fused-ring (bicyclic) bond motifs is 1. The number of thiophene rings is 1. The molecule has 0 radical (unpaired) electrons. The van der Waals surface area contributed by atoms with Gasteiger partial charge >= 0.3 is 0 Å². The van der Waals surface area contributed by atoms with Crippen molar-refractivity contribution < 1.29 is 4.79 Å². The summed E-state index contributed by atoms with van der Waals surface area (Å²) in [6, 6.07) is 24.3. The zero-order valence-electron chi connectivity index (χ0n) is 15.5. The zero-order chi connectivity index (χ0) is 20.9. The van der Waals surface area contributed by atoms with Gasteiger partial charge in [-0.1, -0.05) is 48.0 Å². The van der Waals surface area contributed by atoms with Crippen molar-refractivity contribution in [3.05, 3.63) is 88.8 Å². The molecule has 3 aromatic carbocycles. The highest BCUT2D eigenvalue weighted by atomic mass is 35.5. The van der Waals surface area contributed by atoms with E-state index < -0.39 is 0 Å². The average molecular weight is 451 g/mol. The Morgan fingerprint density at radius 3 is 2.20 bits per heavy atom. The van der Waals surface area contributed by atoms with E-state index in [0.29, 0.717) is 15.6 Å². The molecule has 1 heterocycles. The van der Waals surface area contributed by atoms with Gasteiger partial charge in [0.1, 0.15) is 4.88 Å². The predicted octanol–water partition coefficient (Wildman–Crippen LogP) is 7.10. The fraction of sp³-hybridized carbons (Fsp3) is 0. The molecule has 30 heavy (non-hydrogen) atoms. The van der Waals surface area contributed by atoms with Gasteiger partial charge in [0.05, 0.1) is 16.4 Å². The monoisotopic (exact) mass is 450 g/mol. The molecule has 148 valence electrons. The van der Waals surface area contributed by atoms with Crippen molar-refractivity contribution >= 4 is 73.3 Å². The molecule has 0 spiro atoms. The molecule has 2 N–H and O–H groups in total. The van der Waals surface area contributed by atoms with Crippen molar-refractivity contribution in [2.24, 2.45) is 10.2 Å².